The van der Waals surface area contributed by atoms with Crippen LogP contribution in [0.4, 0.5) is 5.82 Å². The van der Waals surface area contributed by atoms with Gasteiger partial charge in [0, 0.05) is 25.3 Å². The molecule has 0 aromatic carbocycles. The van der Waals surface area contributed by atoms with Crippen LogP contribution in [0.3, 0.4) is 0 Å². The number of rotatable bonds is 5. The zero-order chi connectivity index (χ0) is 14.5. The number of hydrogen-bond donors (Lipinski definition) is 2. The molecular weight excluding hydrogens is 250 g/mol. The molecule has 0 saturated carbocycles. The van der Waals surface area contributed by atoms with Gasteiger partial charge in [0.2, 0.25) is 0 Å². The van der Waals surface area contributed by atoms with E-state index in [0.29, 0.717) is 18.5 Å². The summed E-state index contributed by atoms with van der Waals surface area (Å²) in [4.78, 5) is 6.67. The minimum atomic E-state index is -0.246. The van der Waals surface area contributed by atoms with E-state index in [0.717, 1.165) is 31.7 Å². The Labute approximate surface area is 122 Å². The first kappa shape index (κ1) is 15.3. The molecule has 0 bridgehead atoms. The predicted molar refractivity (Wildman–Crippen MR) is 82.9 cm³/mol. The molecule has 2 rings (SSSR count). The van der Waals surface area contributed by atoms with Crippen molar-refractivity contribution < 1.29 is 5.11 Å². The van der Waals surface area contributed by atoms with Gasteiger partial charge in [-0.3, -0.25) is 0 Å². The van der Waals surface area contributed by atoms with Gasteiger partial charge in [0.1, 0.15) is 5.82 Å². The van der Waals surface area contributed by atoms with Gasteiger partial charge >= 0.3 is 0 Å². The number of hydrogen-bond acceptors (Lipinski definition) is 4. The van der Waals surface area contributed by atoms with E-state index in [1.165, 1.54) is 5.56 Å². The molecule has 3 unspecified atom stereocenters. The Morgan fingerprint density at radius 2 is 2.35 bits per heavy atom. The molecule has 1 fully saturated rings. The van der Waals surface area contributed by atoms with E-state index in [1.54, 1.807) is 0 Å². The molecule has 1 aromatic heterocycles. The molecule has 20 heavy (non-hydrogen) atoms. The maximum absolute atomic E-state index is 10.0. The van der Waals surface area contributed by atoms with Crippen LogP contribution in [0.15, 0.2) is 18.3 Å². The third-order valence-electron chi connectivity index (χ3n) is 4.21. The number of anilines is 1. The summed E-state index contributed by atoms with van der Waals surface area (Å²) in [6.45, 7) is 9.16. The van der Waals surface area contributed by atoms with Crippen molar-refractivity contribution in [2.75, 3.05) is 24.5 Å². The molecule has 0 spiro atoms. The van der Waals surface area contributed by atoms with Crippen LogP contribution >= 0.6 is 0 Å². The first-order valence-electron chi connectivity index (χ1n) is 7.74. The Kier molecular flexibility index (Phi) is 5.38. The fourth-order valence-corrected chi connectivity index (χ4v) is 2.61. The Balaban J connectivity index is 2.05. The van der Waals surface area contributed by atoms with Crippen LogP contribution in [-0.4, -0.2) is 35.8 Å². The molecule has 0 aliphatic carbocycles. The second-order valence-electron chi connectivity index (χ2n) is 5.90. The molecule has 1 saturated heterocycles. The predicted octanol–water partition coefficient (Wildman–Crippen LogP) is 2.35. The number of pyridine rings is 1. The fourth-order valence-electron chi connectivity index (χ4n) is 2.61. The molecule has 0 radical (unpaired) electrons. The maximum Gasteiger partial charge on any atom is 0.128 e. The second-order valence-corrected chi connectivity index (χ2v) is 5.90. The van der Waals surface area contributed by atoms with Gasteiger partial charge in [-0.2, -0.15) is 0 Å². The normalized spacial score (nSPS) is 24.7. The number of aliphatic hydroxyl groups excluding tert-OH is 1. The van der Waals surface area contributed by atoms with Gasteiger partial charge in [0.05, 0.1) is 6.10 Å². The lowest BCUT2D eigenvalue weighted by molar-refractivity contribution is 0.102. The molecule has 0 amide bonds. The van der Waals surface area contributed by atoms with Crippen LogP contribution in [0.2, 0.25) is 0 Å². The van der Waals surface area contributed by atoms with Crippen LogP contribution in [0, 0.1) is 5.92 Å². The summed E-state index contributed by atoms with van der Waals surface area (Å²) in [6, 6.07) is 4.56. The molecule has 3 atom stereocenters. The number of nitrogens with one attached hydrogen (secondary N) is 1. The molecule has 1 aromatic rings. The quantitative estimate of drug-likeness (QED) is 0.867. The SMILES string of the molecule is CCCNC(C)c1ccnc(N2CCC(C)C(O)C2)c1. The van der Waals surface area contributed by atoms with E-state index in [9.17, 15) is 5.11 Å². The van der Waals surface area contributed by atoms with Crippen LogP contribution < -0.4 is 10.2 Å². The monoisotopic (exact) mass is 277 g/mol. The Morgan fingerprint density at radius 1 is 1.55 bits per heavy atom. The van der Waals surface area contributed by atoms with Gasteiger partial charge in [0.25, 0.3) is 0 Å². The van der Waals surface area contributed by atoms with Gasteiger partial charge in [-0.05, 0) is 49.9 Å². The highest BCUT2D eigenvalue weighted by atomic mass is 16.3. The minimum absolute atomic E-state index is 0.246. The molecular formula is C16H27N3O. The smallest absolute Gasteiger partial charge is 0.128 e. The molecule has 112 valence electrons. The van der Waals surface area contributed by atoms with E-state index in [1.807, 2.05) is 6.20 Å². The van der Waals surface area contributed by atoms with E-state index < -0.39 is 0 Å². The fraction of sp³-hybridized carbons (Fsp3) is 0.688. The van der Waals surface area contributed by atoms with E-state index in [2.05, 4.69) is 48.1 Å². The Bertz CT molecular complexity index is 424. The largest absolute Gasteiger partial charge is 0.391 e. The molecule has 2 heterocycles. The summed E-state index contributed by atoms with van der Waals surface area (Å²) in [5.41, 5.74) is 1.26. The van der Waals surface area contributed by atoms with Crippen molar-refractivity contribution in [3.63, 3.8) is 0 Å². The zero-order valence-corrected chi connectivity index (χ0v) is 12.8. The lowest BCUT2D eigenvalue weighted by Crippen LogP contribution is -2.43. The molecule has 4 nitrogen and oxygen atoms in total. The molecule has 2 N–H and O–H groups in total. The van der Waals surface area contributed by atoms with Gasteiger partial charge in [-0.1, -0.05) is 13.8 Å². The number of piperidine rings is 1. The second kappa shape index (κ2) is 7.04. The Hall–Kier alpha value is -1.13. The van der Waals surface area contributed by atoms with Crippen LogP contribution in [0.5, 0.6) is 0 Å². The van der Waals surface area contributed by atoms with Gasteiger partial charge in [-0.15, -0.1) is 0 Å². The Morgan fingerprint density at radius 3 is 3.05 bits per heavy atom. The summed E-state index contributed by atoms with van der Waals surface area (Å²) in [6.07, 6.45) is 3.79. The van der Waals surface area contributed by atoms with Crippen molar-refractivity contribution >= 4 is 5.82 Å². The van der Waals surface area contributed by atoms with E-state index in [4.69, 9.17) is 0 Å². The first-order chi connectivity index (χ1) is 9.61. The van der Waals surface area contributed by atoms with Crippen LogP contribution in [-0.2, 0) is 0 Å². The topological polar surface area (TPSA) is 48.4 Å². The van der Waals surface area contributed by atoms with Crippen molar-refractivity contribution in [1.29, 1.82) is 0 Å². The third kappa shape index (κ3) is 3.70. The summed E-state index contributed by atoms with van der Waals surface area (Å²) < 4.78 is 0. The third-order valence-corrected chi connectivity index (χ3v) is 4.21. The summed E-state index contributed by atoms with van der Waals surface area (Å²) in [5, 5.41) is 13.5. The number of aromatic nitrogens is 1. The van der Waals surface area contributed by atoms with Gasteiger partial charge in [0.15, 0.2) is 0 Å². The highest BCUT2D eigenvalue weighted by Gasteiger charge is 2.25. The summed E-state index contributed by atoms with van der Waals surface area (Å²) in [7, 11) is 0. The lowest BCUT2D eigenvalue weighted by Gasteiger charge is -2.35. The average Bonchev–Trinajstić information content (AvgIpc) is 2.47. The first-order valence-corrected chi connectivity index (χ1v) is 7.74. The van der Waals surface area contributed by atoms with Gasteiger partial charge in [-0.25, -0.2) is 4.98 Å². The number of nitrogens with zero attached hydrogens (tertiary/aromatic N) is 2. The number of aliphatic hydroxyl groups is 1. The van der Waals surface area contributed by atoms with Gasteiger partial charge < -0.3 is 15.3 Å². The summed E-state index contributed by atoms with van der Waals surface area (Å²) >= 11 is 0. The van der Waals surface area contributed by atoms with Crippen LogP contribution in [0.25, 0.3) is 0 Å². The van der Waals surface area contributed by atoms with Crippen molar-refractivity contribution in [3.8, 4) is 0 Å². The van der Waals surface area contributed by atoms with E-state index >= 15 is 0 Å². The molecule has 1 aliphatic heterocycles. The number of β-amino-alcohol motifs (C(OH)–C–C–N with tert-alkyl or cyclic N) is 1. The average molecular weight is 277 g/mol. The molecule has 4 heteroatoms. The zero-order valence-electron chi connectivity index (χ0n) is 12.8. The van der Waals surface area contributed by atoms with E-state index in [-0.39, 0.29) is 6.10 Å². The highest BCUT2D eigenvalue weighted by molar-refractivity contribution is 5.42. The maximum atomic E-state index is 10.0. The highest BCUT2D eigenvalue weighted by Crippen LogP contribution is 2.24. The summed E-state index contributed by atoms with van der Waals surface area (Å²) in [5.74, 6) is 1.37. The van der Waals surface area contributed by atoms with Crippen molar-refractivity contribution in [2.45, 2.75) is 45.8 Å². The van der Waals surface area contributed by atoms with Crippen molar-refractivity contribution in [2.24, 2.45) is 5.92 Å². The lowest BCUT2D eigenvalue weighted by atomic mass is 9.96. The molecule has 1 aliphatic rings. The van der Waals surface area contributed by atoms with Crippen molar-refractivity contribution in [3.05, 3.63) is 23.9 Å². The van der Waals surface area contributed by atoms with Crippen LogP contribution in [0.1, 0.15) is 45.2 Å². The van der Waals surface area contributed by atoms with Crippen molar-refractivity contribution in [1.82, 2.24) is 10.3 Å². The minimum Gasteiger partial charge on any atom is -0.391 e. The standard InChI is InChI=1S/C16H27N3O/c1-4-7-17-13(3)14-5-8-18-16(10-14)19-9-6-12(2)15(20)11-19/h5,8,10,12-13,15,17,20H,4,6-7,9,11H2,1-3H3.